The van der Waals surface area contributed by atoms with Crippen LogP contribution in [-0.4, -0.2) is 9.13 Å². The summed E-state index contributed by atoms with van der Waals surface area (Å²) in [6, 6.07) is 6.94. The van der Waals surface area contributed by atoms with Gasteiger partial charge in [0, 0.05) is 25.4 Å². The Morgan fingerprint density at radius 1 is 1.19 bits per heavy atom. The summed E-state index contributed by atoms with van der Waals surface area (Å²) < 4.78 is 2.57. The zero-order valence-electron chi connectivity index (χ0n) is 11.7. The van der Waals surface area contributed by atoms with Crippen LogP contribution in [-0.2, 0) is 13.6 Å². The van der Waals surface area contributed by atoms with Crippen molar-refractivity contribution in [3.8, 4) is 0 Å². The maximum Gasteiger partial charge on any atom is 0.331 e. The molecule has 2 rings (SSSR count). The number of hydrogen-bond acceptors (Lipinski definition) is 2. The van der Waals surface area contributed by atoms with E-state index in [0.29, 0.717) is 11.4 Å². The smallest absolute Gasteiger partial charge is 0.295 e. The summed E-state index contributed by atoms with van der Waals surface area (Å²) in [5.74, 6) is 0. The van der Waals surface area contributed by atoms with Crippen LogP contribution in [0.3, 0.4) is 0 Å². The first-order valence-electron chi connectivity index (χ1n) is 6.18. The molecule has 0 aliphatic heterocycles. The summed E-state index contributed by atoms with van der Waals surface area (Å²) in [7, 11) is 1.45. The predicted molar refractivity (Wildman–Crippen MR) is 84.0 cm³/mol. The van der Waals surface area contributed by atoms with Crippen LogP contribution in [0.1, 0.15) is 24.2 Å². The van der Waals surface area contributed by atoms with E-state index in [1.54, 1.807) is 13.0 Å². The minimum absolute atomic E-state index is 0. The van der Waals surface area contributed by atoms with E-state index >= 15 is 0 Å². The van der Waals surface area contributed by atoms with Crippen molar-refractivity contribution in [2.75, 3.05) is 0 Å². The molecule has 0 unspecified atom stereocenters. The van der Waals surface area contributed by atoms with Crippen molar-refractivity contribution in [1.82, 2.24) is 9.13 Å². The fourth-order valence-electron chi connectivity index (χ4n) is 2.09. The maximum atomic E-state index is 12.1. The summed E-state index contributed by atoms with van der Waals surface area (Å²) >= 11 is 0. The molecule has 1 aromatic carbocycles. The van der Waals surface area contributed by atoms with Gasteiger partial charge in [0.05, 0.1) is 6.57 Å². The van der Waals surface area contributed by atoms with Crippen molar-refractivity contribution in [2.45, 2.75) is 27.8 Å². The van der Waals surface area contributed by atoms with Gasteiger partial charge in [0.1, 0.15) is 0 Å². The second kappa shape index (κ2) is 6.23. The molecule has 110 valence electrons. The van der Waals surface area contributed by atoms with Gasteiger partial charge in [0.15, 0.2) is 5.69 Å². The zero-order chi connectivity index (χ0) is 14.9. The van der Waals surface area contributed by atoms with Gasteiger partial charge in [-0.3, -0.25) is 13.9 Å². The molecule has 5 heteroatoms. The second-order valence-corrected chi connectivity index (χ2v) is 4.80. The van der Waals surface area contributed by atoms with E-state index in [1.807, 2.05) is 19.1 Å². The van der Waals surface area contributed by atoms with Crippen LogP contribution >= 0.6 is 0 Å². The zero-order valence-corrected chi connectivity index (χ0v) is 11.7. The summed E-state index contributed by atoms with van der Waals surface area (Å²) in [6.07, 6.45) is 0. The Morgan fingerprint density at radius 3 is 2.48 bits per heavy atom. The SMILES string of the molecule is C.[C-]#[N+]c1ccc(C)cc1Cn1c(C)cc(=O)n(C)c1=O. The number of rotatable bonds is 2. The highest BCUT2D eigenvalue weighted by molar-refractivity contribution is 5.53. The highest BCUT2D eigenvalue weighted by Crippen LogP contribution is 2.21. The van der Waals surface area contributed by atoms with Crippen LogP contribution in [0.25, 0.3) is 4.85 Å². The first-order chi connectivity index (χ1) is 9.43. The van der Waals surface area contributed by atoms with Gasteiger partial charge in [-0.25, -0.2) is 9.64 Å². The van der Waals surface area contributed by atoms with Gasteiger partial charge in [-0.05, 0) is 19.4 Å². The van der Waals surface area contributed by atoms with Crippen LogP contribution in [0.15, 0.2) is 33.9 Å². The highest BCUT2D eigenvalue weighted by Gasteiger charge is 2.09. The molecule has 1 aromatic heterocycles. The Kier molecular flexibility index (Phi) is 4.88. The highest BCUT2D eigenvalue weighted by atomic mass is 16.2. The lowest BCUT2D eigenvalue weighted by molar-refractivity contribution is 0.628. The third-order valence-corrected chi connectivity index (χ3v) is 3.29. The lowest BCUT2D eigenvalue weighted by Crippen LogP contribution is -2.38. The standard InChI is InChI=1S/C15H15N3O2.CH4/c1-10-5-6-13(16-3)12(7-10)9-18-11(2)8-14(19)17(4)15(18)20;/h5-8H,9H2,1-2,4H3;1H4. The van der Waals surface area contributed by atoms with Gasteiger partial charge in [-0.1, -0.05) is 31.2 Å². The van der Waals surface area contributed by atoms with E-state index in [1.165, 1.54) is 17.7 Å². The molecule has 0 radical (unpaired) electrons. The number of benzene rings is 1. The molecule has 0 aliphatic rings. The molecular formula is C16H19N3O2. The Bertz CT molecular complexity index is 823. The fraction of sp³-hybridized carbons (Fsp3) is 0.312. The number of hydrogen-bond donors (Lipinski definition) is 0. The van der Waals surface area contributed by atoms with Gasteiger partial charge < -0.3 is 0 Å². The number of aromatic nitrogens is 2. The monoisotopic (exact) mass is 285 g/mol. The average molecular weight is 285 g/mol. The molecule has 0 saturated carbocycles. The molecule has 0 aliphatic carbocycles. The lowest BCUT2D eigenvalue weighted by Gasteiger charge is -2.12. The van der Waals surface area contributed by atoms with E-state index < -0.39 is 0 Å². The van der Waals surface area contributed by atoms with E-state index in [-0.39, 0.29) is 25.2 Å². The first-order valence-corrected chi connectivity index (χ1v) is 6.18. The Balaban J connectivity index is 0.00000220. The number of aryl methyl sites for hydroxylation is 2. The minimum atomic E-state index is -0.368. The lowest BCUT2D eigenvalue weighted by atomic mass is 10.1. The largest absolute Gasteiger partial charge is 0.331 e. The quantitative estimate of drug-likeness (QED) is 0.795. The molecule has 0 bridgehead atoms. The van der Waals surface area contributed by atoms with E-state index in [9.17, 15) is 9.59 Å². The second-order valence-electron chi connectivity index (χ2n) is 4.80. The Hall–Kier alpha value is -2.61. The van der Waals surface area contributed by atoms with Crippen molar-refractivity contribution in [3.05, 3.63) is 73.3 Å². The van der Waals surface area contributed by atoms with E-state index in [4.69, 9.17) is 6.57 Å². The topological polar surface area (TPSA) is 48.4 Å². The predicted octanol–water partition coefficient (Wildman–Crippen LogP) is 2.40. The van der Waals surface area contributed by atoms with Crippen LogP contribution in [0, 0.1) is 20.4 Å². The number of nitrogens with zero attached hydrogens (tertiary/aromatic N) is 3. The third-order valence-electron chi connectivity index (χ3n) is 3.29. The molecule has 0 N–H and O–H groups in total. The molecule has 5 nitrogen and oxygen atoms in total. The van der Waals surface area contributed by atoms with Crippen molar-refractivity contribution in [1.29, 1.82) is 0 Å². The van der Waals surface area contributed by atoms with Gasteiger partial charge in [-0.2, -0.15) is 0 Å². The average Bonchev–Trinajstić information content (AvgIpc) is 2.41. The van der Waals surface area contributed by atoms with E-state index in [0.717, 1.165) is 15.7 Å². The van der Waals surface area contributed by atoms with Gasteiger partial charge in [-0.15, -0.1) is 0 Å². The molecule has 1 heterocycles. The summed E-state index contributed by atoms with van der Waals surface area (Å²) in [6.45, 7) is 11.1. The minimum Gasteiger partial charge on any atom is -0.295 e. The summed E-state index contributed by atoms with van der Waals surface area (Å²) in [5.41, 5.74) is 2.24. The van der Waals surface area contributed by atoms with Crippen molar-refractivity contribution in [2.24, 2.45) is 7.05 Å². The van der Waals surface area contributed by atoms with Gasteiger partial charge in [0.2, 0.25) is 0 Å². The van der Waals surface area contributed by atoms with Crippen LogP contribution in [0.4, 0.5) is 5.69 Å². The molecular weight excluding hydrogens is 266 g/mol. The third kappa shape index (κ3) is 3.11. The molecule has 21 heavy (non-hydrogen) atoms. The Morgan fingerprint density at radius 2 is 1.86 bits per heavy atom. The van der Waals surface area contributed by atoms with E-state index in [2.05, 4.69) is 4.85 Å². The van der Waals surface area contributed by atoms with Gasteiger partial charge in [0.25, 0.3) is 5.56 Å². The molecule has 0 atom stereocenters. The summed E-state index contributed by atoms with van der Waals surface area (Å²) in [5, 5.41) is 0. The van der Waals surface area contributed by atoms with Crippen LogP contribution in [0.2, 0.25) is 0 Å². The molecule has 0 saturated heterocycles. The summed E-state index contributed by atoms with van der Waals surface area (Å²) in [4.78, 5) is 27.2. The van der Waals surface area contributed by atoms with Gasteiger partial charge >= 0.3 is 5.69 Å². The van der Waals surface area contributed by atoms with Crippen molar-refractivity contribution >= 4 is 5.69 Å². The Labute approximate surface area is 123 Å². The molecule has 0 amide bonds. The first kappa shape index (κ1) is 16.4. The van der Waals surface area contributed by atoms with Crippen molar-refractivity contribution in [3.63, 3.8) is 0 Å². The van der Waals surface area contributed by atoms with Crippen LogP contribution < -0.4 is 11.2 Å². The fourth-order valence-corrected chi connectivity index (χ4v) is 2.09. The molecule has 2 aromatic rings. The van der Waals surface area contributed by atoms with Crippen molar-refractivity contribution < 1.29 is 0 Å². The molecule has 0 spiro atoms. The maximum absolute atomic E-state index is 12.1. The molecule has 0 fully saturated rings. The van der Waals surface area contributed by atoms with Crippen LogP contribution in [0.5, 0.6) is 0 Å². The normalized spacial score (nSPS) is 9.81.